The quantitative estimate of drug-likeness (QED) is 0.394. The molecule has 0 heterocycles. The van der Waals surface area contributed by atoms with Gasteiger partial charge in [-0.3, -0.25) is 9.59 Å². The van der Waals surface area contributed by atoms with E-state index < -0.39 is 6.10 Å². The van der Waals surface area contributed by atoms with Crippen LogP contribution in [0.2, 0.25) is 5.02 Å². The van der Waals surface area contributed by atoms with Crippen molar-refractivity contribution in [1.82, 2.24) is 0 Å². The Hall–Kier alpha value is -3.03. The number of para-hydroxylation sites is 1. The lowest BCUT2D eigenvalue weighted by molar-refractivity contribution is -0.122. The summed E-state index contributed by atoms with van der Waals surface area (Å²) in [5.41, 5.74) is 2.18. The molecule has 0 aliphatic heterocycles. The van der Waals surface area contributed by atoms with Crippen LogP contribution in [0.25, 0.3) is 0 Å². The van der Waals surface area contributed by atoms with Gasteiger partial charge in [0.15, 0.2) is 12.7 Å². The second-order valence-corrected chi connectivity index (χ2v) is 8.27. The molecule has 0 aliphatic rings. The summed E-state index contributed by atoms with van der Waals surface area (Å²) in [6.45, 7) is 3.47. The first-order valence-electron chi connectivity index (χ1n) is 9.83. The number of ether oxygens (including phenoxy) is 2. The summed E-state index contributed by atoms with van der Waals surface area (Å²) < 4.78 is 12.1. The third kappa shape index (κ3) is 6.73. The number of rotatable bonds is 8. The van der Waals surface area contributed by atoms with Crippen LogP contribution in [0.4, 0.5) is 11.4 Å². The zero-order valence-corrected chi connectivity index (χ0v) is 19.9. The van der Waals surface area contributed by atoms with Gasteiger partial charge in [-0.05, 0) is 74.0 Å². The monoisotopic (exact) mass is 516 g/mol. The van der Waals surface area contributed by atoms with E-state index in [1.165, 1.54) is 0 Å². The number of aryl methyl sites for hydroxylation is 1. The van der Waals surface area contributed by atoms with Gasteiger partial charge in [-0.25, -0.2) is 0 Å². The maximum atomic E-state index is 12.4. The predicted octanol–water partition coefficient (Wildman–Crippen LogP) is 5.83. The highest BCUT2D eigenvalue weighted by molar-refractivity contribution is 9.10. The fourth-order valence-corrected chi connectivity index (χ4v) is 3.14. The average Bonchev–Trinajstić information content (AvgIpc) is 2.77. The molecule has 0 radical (unpaired) electrons. The van der Waals surface area contributed by atoms with Gasteiger partial charge in [0, 0.05) is 15.8 Å². The van der Waals surface area contributed by atoms with Crippen molar-refractivity contribution in [1.29, 1.82) is 0 Å². The molecular weight excluding hydrogens is 496 g/mol. The third-order valence-electron chi connectivity index (χ3n) is 4.45. The largest absolute Gasteiger partial charge is 0.484 e. The van der Waals surface area contributed by atoms with E-state index in [0.29, 0.717) is 27.9 Å². The molecule has 166 valence electrons. The molecule has 6 nitrogen and oxygen atoms in total. The van der Waals surface area contributed by atoms with Gasteiger partial charge in [-0.2, -0.15) is 0 Å². The van der Waals surface area contributed by atoms with Gasteiger partial charge < -0.3 is 20.1 Å². The Morgan fingerprint density at radius 1 is 1.00 bits per heavy atom. The van der Waals surface area contributed by atoms with Crippen LogP contribution in [0.5, 0.6) is 11.5 Å². The van der Waals surface area contributed by atoms with Gasteiger partial charge in [0.25, 0.3) is 11.8 Å². The molecule has 2 amide bonds. The molecule has 3 rings (SSSR count). The highest BCUT2D eigenvalue weighted by Crippen LogP contribution is 2.25. The molecule has 0 saturated heterocycles. The second-order valence-electron chi connectivity index (χ2n) is 7.00. The molecule has 8 heteroatoms. The lowest BCUT2D eigenvalue weighted by Gasteiger charge is -2.16. The van der Waals surface area contributed by atoms with Crippen molar-refractivity contribution in [2.75, 3.05) is 17.2 Å². The number of hydrogen-bond donors (Lipinski definition) is 2. The molecule has 3 aromatic rings. The molecule has 1 atom stereocenters. The van der Waals surface area contributed by atoms with Gasteiger partial charge >= 0.3 is 0 Å². The van der Waals surface area contributed by atoms with Crippen LogP contribution in [0, 0.1) is 6.92 Å². The van der Waals surface area contributed by atoms with Crippen molar-refractivity contribution < 1.29 is 19.1 Å². The normalized spacial score (nSPS) is 11.4. The highest BCUT2D eigenvalue weighted by Gasteiger charge is 2.16. The maximum absolute atomic E-state index is 12.4. The molecule has 2 N–H and O–H groups in total. The summed E-state index contributed by atoms with van der Waals surface area (Å²) in [6.07, 6.45) is -0.742. The average molecular weight is 518 g/mol. The number of hydrogen-bond acceptors (Lipinski definition) is 4. The fraction of sp³-hybridized carbons (Fsp3) is 0.167. The van der Waals surface area contributed by atoms with Crippen LogP contribution in [-0.4, -0.2) is 24.5 Å². The van der Waals surface area contributed by atoms with Gasteiger partial charge in [0.05, 0.1) is 5.02 Å². The molecule has 0 bridgehead atoms. The Kier molecular flexibility index (Phi) is 8.14. The predicted molar refractivity (Wildman–Crippen MR) is 130 cm³/mol. The summed E-state index contributed by atoms with van der Waals surface area (Å²) in [7, 11) is 0. The van der Waals surface area contributed by atoms with Crippen LogP contribution >= 0.6 is 27.5 Å². The van der Waals surface area contributed by atoms with Gasteiger partial charge in [0.1, 0.15) is 11.5 Å². The summed E-state index contributed by atoms with van der Waals surface area (Å²) >= 11 is 9.49. The minimum atomic E-state index is -0.742. The maximum Gasteiger partial charge on any atom is 0.265 e. The van der Waals surface area contributed by atoms with Crippen molar-refractivity contribution in [2.45, 2.75) is 20.0 Å². The molecule has 32 heavy (non-hydrogen) atoms. The van der Waals surface area contributed by atoms with Crippen LogP contribution in [-0.2, 0) is 9.59 Å². The number of anilines is 2. The lowest BCUT2D eigenvalue weighted by atomic mass is 10.2. The van der Waals surface area contributed by atoms with Gasteiger partial charge in [-0.15, -0.1) is 0 Å². The van der Waals surface area contributed by atoms with Crippen LogP contribution in [0.15, 0.2) is 71.2 Å². The third-order valence-corrected chi connectivity index (χ3v) is 5.65. The molecule has 0 fully saturated rings. The topological polar surface area (TPSA) is 76.7 Å². The van der Waals surface area contributed by atoms with Crippen molar-refractivity contribution >= 4 is 50.7 Å². The van der Waals surface area contributed by atoms with E-state index in [1.807, 2.05) is 19.1 Å². The van der Waals surface area contributed by atoms with Crippen molar-refractivity contribution in [2.24, 2.45) is 0 Å². The Morgan fingerprint density at radius 3 is 2.31 bits per heavy atom. The molecule has 1 unspecified atom stereocenters. The minimum Gasteiger partial charge on any atom is -0.484 e. The standard InChI is InChI=1S/C24H22BrClN2O4/c1-15-13-19(11-12-20(15)25)31-14-23(29)27-17-7-9-18(10-8-17)28-24(30)16(2)32-22-6-4-3-5-21(22)26/h3-13,16H,14H2,1-2H3,(H,27,29)(H,28,30). The summed E-state index contributed by atoms with van der Waals surface area (Å²) in [5.74, 6) is 0.450. The van der Waals surface area contributed by atoms with Gasteiger partial charge in [0.2, 0.25) is 0 Å². The number of carbonyl (C=O) groups excluding carboxylic acids is 2. The van der Waals surface area contributed by atoms with E-state index in [0.717, 1.165) is 10.0 Å². The van der Waals surface area contributed by atoms with E-state index in [2.05, 4.69) is 26.6 Å². The molecular formula is C24H22BrClN2O4. The molecule has 3 aromatic carbocycles. The Labute approximate surface area is 200 Å². The zero-order chi connectivity index (χ0) is 23.1. The van der Waals surface area contributed by atoms with Crippen LogP contribution in [0.1, 0.15) is 12.5 Å². The Morgan fingerprint density at radius 2 is 1.66 bits per heavy atom. The highest BCUT2D eigenvalue weighted by atomic mass is 79.9. The summed E-state index contributed by atoms with van der Waals surface area (Å²) in [5, 5.41) is 5.96. The first-order valence-corrected chi connectivity index (χ1v) is 11.0. The van der Waals surface area contributed by atoms with Crippen molar-refractivity contribution in [3.05, 3.63) is 81.8 Å². The number of amides is 2. The van der Waals surface area contributed by atoms with Crippen LogP contribution in [0.3, 0.4) is 0 Å². The van der Waals surface area contributed by atoms with E-state index in [1.54, 1.807) is 61.5 Å². The fourth-order valence-electron chi connectivity index (χ4n) is 2.72. The van der Waals surface area contributed by atoms with Gasteiger partial charge in [-0.1, -0.05) is 39.7 Å². The molecule has 0 spiro atoms. The summed E-state index contributed by atoms with van der Waals surface area (Å²) in [4.78, 5) is 24.5. The number of halogens is 2. The molecule has 0 saturated carbocycles. The summed E-state index contributed by atoms with van der Waals surface area (Å²) in [6, 6.07) is 19.2. The minimum absolute atomic E-state index is 0.115. The smallest absolute Gasteiger partial charge is 0.265 e. The van der Waals surface area contributed by atoms with Crippen LogP contribution < -0.4 is 20.1 Å². The Balaban J connectivity index is 1.48. The second kappa shape index (κ2) is 11.0. The van der Waals surface area contributed by atoms with Crippen molar-refractivity contribution in [3.63, 3.8) is 0 Å². The first kappa shape index (κ1) is 23.6. The number of carbonyl (C=O) groups is 2. The zero-order valence-electron chi connectivity index (χ0n) is 17.5. The first-order chi connectivity index (χ1) is 15.3. The van der Waals surface area contributed by atoms with E-state index >= 15 is 0 Å². The number of benzene rings is 3. The Bertz CT molecular complexity index is 1110. The SMILES string of the molecule is Cc1cc(OCC(=O)Nc2ccc(NC(=O)C(C)Oc3ccccc3Cl)cc2)ccc1Br. The van der Waals surface area contributed by atoms with E-state index in [-0.39, 0.29) is 18.4 Å². The van der Waals surface area contributed by atoms with E-state index in [4.69, 9.17) is 21.1 Å². The van der Waals surface area contributed by atoms with E-state index in [9.17, 15) is 9.59 Å². The molecule has 0 aromatic heterocycles. The number of nitrogens with one attached hydrogen (secondary N) is 2. The lowest BCUT2D eigenvalue weighted by Crippen LogP contribution is -2.30. The van der Waals surface area contributed by atoms with Crippen molar-refractivity contribution in [3.8, 4) is 11.5 Å². The molecule has 0 aliphatic carbocycles.